The molecule has 0 saturated carbocycles. The Kier molecular flexibility index (Phi) is 8.11. The van der Waals surface area contributed by atoms with E-state index in [1.165, 1.54) is 25.7 Å². The first-order valence-electron chi connectivity index (χ1n) is 8.16. The van der Waals surface area contributed by atoms with Crippen LogP contribution in [0.3, 0.4) is 0 Å². The highest BCUT2D eigenvalue weighted by atomic mass is 16.3. The lowest BCUT2D eigenvalue weighted by Crippen LogP contribution is -2.34. The fourth-order valence-corrected chi connectivity index (χ4v) is 2.88. The van der Waals surface area contributed by atoms with Crippen LogP contribution in [0.2, 0.25) is 0 Å². The molecule has 112 valence electrons. The van der Waals surface area contributed by atoms with E-state index in [-0.39, 0.29) is 6.10 Å². The molecule has 1 amide bonds. The average Bonchev–Trinajstić information content (AvgIpc) is 2.77. The molecule has 2 atom stereocenters. The molecule has 0 aromatic heterocycles. The molecule has 1 saturated heterocycles. The molecular formula is C16H31NO2. The molecule has 1 fully saturated rings. The quantitative estimate of drug-likeness (QED) is 0.617. The van der Waals surface area contributed by atoms with Gasteiger partial charge in [-0.15, -0.1) is 0 Å². The zero-order valence-corrected chi connectivity index (χ0v) is 12.7. The summed E-state index contributed by atoms with van der Waals surface area (Å²) in [6.45, 7) is 5.16. The van der Waals surface area contributed by atoms with E-state index in [9.17, 15) is 9.90 Å². The van der Waals surface area contributed by atoms with Crippen molar-refractivity contribution in [3.05, 3.63) is 0 Å². The van der Waals surface area contributed by atoms with Gasteiger partial charge >= 0.3 is 0 Å². The molecule has 1 heterocycles. The maximum Gasteiger partial charge on any atom is 0.222 e. The number of unbranched alkanes of at least 4 members (excludes halogenated alkanes) is 4. The van der Waals surface area contributed by atoms with Gasteiger partial charge in [-0.3, -0.25) is 4.79 Å². The van der Waals surface area contributed by atoms with E-state index in [4.69, 9.17) is 0 Å². The van der Waals surface area contributed by atoms with Gasteiger partial charge in [-0.1, -0.05) is 39.5 Å². The van der Waals surface area contributed by atoms with Crippen LogP contribution in [-0.2, 0) is 4.79 Å². The van der Waals surface area contributed by atoms with Gasteiger partial charge in [0, 0.05) is 19.0 Å². The van der Waals surface area contributed by atoms with Gasteiger partial charge in [0.25, 0.3) is 0 Å². The maximum atomic E-state index is 11.9. The number of hydrogen-bond donors (Lipinski definition) is 1. The summed E-state index contributed by atoms with van der Waals surface area (Å²) < 4.78 is 0. The van der Waals surface area contributed by atoms with Gasteiger partial charge in [-0.25, -0.2) is 0 Å². The maximum absolute atomic E-state index is 11.9. The Labute approximate surface area is 118 Å². The van der Waals surface area contributed by atoms with Gasteiger partial charge < -0.3 is 10.0 Å². The number of amides is 1. The number of hydrogen-bond acceptors (Lipinski definition) is 2. The van der Waals surface area contributed by atoms with Gasteiger partial charge in [-0.05, 0) is 32.1 Å². The van der Waals surface area contributed by atoms with Gasteiger partial charge in [0.1, 0.15) is 0 Å². The lowest BCUT2D eigenvalue weighted by Gasteiger charge is -2.25. The molecule has 0 radical (unpaired) electrons. The number of carbonyl (C=O) groups excluding carboxylic acids is 1. The van der Waals surface area contributed by atoms with Crippen LogP contribution in [-0.4, -0.2) is 34.6 Å². The van der Waals surface area contributed by atoms with Crippen LogP contribution in [0.5, 0.6) is 0 Å². The first kappa shape index (κ1) is 16.5. The lowest BCUT2D eigenvalue weighted by molar-refractivity contribution is -0.129. The molecule has 3 nitrogen and oxygen atoms in total. The second kappa shape index (κ2) is 9.35. The van der Waals surface area contributed by atoms with Crippen molar-refractivity contribution < 1.29 is 9.90 Å². The Morgan fingerprint density at radius 1 is 1.26 bits per heavy atom. The number of likely N-dealkylation sites (tertiary alicyclic amines) is 1. The number of aliphatic hydroxyl groups is 1. The smallest absolute Gasteiger partial charge is 0.222 e. The molecular weight excluding hydrogens is 238 g/mol. The largest absolute Gasteiger partial charge is 0.393 e. The first-order chi connectivity index (χ1) is 9.19. The minimum atomic E-state index is -0.192. The summed E-state index contributed by atoms with van der Waals surface area (Å²) in [7, 11) is 0. The summed E-state index contributed by atoms with van der Waals surface area (Å²) in [6.07, 6.45) is 10.4. The molecule has 0 aromatic carbocycles. The fraction of sp³-hybridized carbons (Fsp3) is 0.938. The Morgan fingerprint density at radius 3 is 2.68 bits per heavy atom. The average molecular weight is 269 g/mol. The molecule has 1 rings (SSSR count). The number of carbonyl (C=O) groups is 1. The standard InChI is InChI=1S/C16H31NO2/c1-3-5-6-7-8-13-17-14(10-12-16(17)19)9-11-15(18)4-2/h14-15,18H,3-13H2,1-2H3/t14-,15-/m0/s1. The van der Waals surface area contributed by atoms with Gasteiger partial charge in [-0.2, -0.15) is 0 Å². The third-order valence-corrected chi connectivity index (χ3v) is 4.26. The molecule has 1 aliphatic rings. The molecule has 0 aliphatic carbocycles. The molecule has 3 heteroatoms. The van der Waals surface area contributed by atoms with Gasteiger partial charge in [0.15, 0.2) is 0 Å². The minimum absolute atomic E-state index is 0.192. The monoisotopic (exact) mass is 269 g/mol. The van der Waals surface area contributed by atoms with E-state index in [2.05, 4.69) is 11.8 Å². The Morgan fingerprint density at radius 2 is 2.00 bits per heavy atom. The van der Waals surface area contributed by atoms with E-state index >= 15 is 0 Å². The third kappa shape index (κ3) is 5.94. The molecule has 1 N–H and O–H groups in total. The van der Waals surface area contributed by atoms with Crippen molar-refractivity contribution in [1.29, 1.82) is 0 Å². The summed E-state index contributed by atoms with van der Waals surface area (Å²) in [5.74, 6) is 0.325. The fourth-order valence-electron chi connectivity index (χ4n) is 2.88. The van der Waals surface area contributed by atoms with Crippen LogP contribution in [0.1, 0.15) is 78.1 Å². The second-order valence-electron chi connectivity index (χ2n) is 5.83. The zero-order chi connectivity index (χ0) is 14.1. The van der Waals surface area contributed by atoms with Crippen LogP contribution in [0, 0.1) is 0 Å². The number of aliphatic hydroxyl groups excluding tert-OH is 1. The number of rotatable bonds is 10. The summed E-state index contributed by atoms with van der Waals surface area (Å²) in [6, 6.07) is 0.389. The molecule has 0 aromatic rings. The summed E-state index contributed by atoms with van der Waals surface area (Å²) in [4.78, 5) is 14.0. The van der Waals surface area contributed by atoms with Gasteiger partial charge in [0.2, 0.25) is 5.91 Å². The van der Waals surface area contributed by atoms with Crippen LogP contribution < -0.4 is 0 Å². The minimum Gasteiger partial charge on any atom is -0.393 e. The highest BCUT2D eigenvalue weighted by Crippen LogP contribution is 2.24. The van der Waals surface area contributed by atoms with Crippen molar-refractivity contribution in [3.63, 3.8) is 0 Å². The molecule has 0 bridgehead atoms. The predicted molar refractivity (Wildman–Crippen MR) is 79.0 cm³/mol. The van der Waals surface area contributed by atoms with Crippen LogP contribution in [0.4, 0.5) is 0 Å². The van der Waals surface area contributed by atoms with Crippen molar-refractivity contribution in [2.45, 2.75) is 90.2 Å². The summed E-state index contributed by atoms with van der Waals surface area (Å²) in [5.41, 5.74) is 0. The van der Waals surface area contributed by atoms with Crippen molar-refractivity contribution in [1.82, 2.24) is 4.90 Å². The Bertz CT molecular complexity index is 255. The van der Waals surface area contributed by atoms with Crippen LogP contribution >= 0.6 is 0 Å². The van der Waals surface area contributed by atoms with E-state index in [1.807, 2.05) is 6.92 Å². The zero-order valence-electron chi connectivity index (χ0n) is 12.7. The summed E-state index contributed by atoms with van der Waals surface area (Å²) in [5, 5.41) is 9.64. The molecule has 0 spiro atoms. The predicted octanol–water partition coefficient (Wildman–Crippen LogP) is 3.50. The first-order valence-corrected chi connectivity index (χ1v) is 8.16. The van der Waals surface area contributed by atoms with Crippen molar-refractivity contribution >= 4 is 5.91 Å². The van der Waals surface area contributed by atoms with E-state index in [1.54, 1.807) is 0 Å². The normalized spacial score (nSPS) is 21.1. The topological polar surface area (TPSA) is 40.5 Å². The van der Waals surface area contributed by atoms with Crippen molar-refractivity contribution in [3.8, 4) is 0 Å². The lowest BCUT2D eigenvalue weighted by atomic mass is 10.0. The SMILES string of the molecule is CCCCCCCN1C(=O)CC[C@@H]1CC[C@@H](O)CC. The third-order valence-electron chi connectivity index (χ3n) is 4.26. The van der Waals surface area contributed by atoms with Crippen LogP contribution in [0.15, 0.2) is 0 Å². The number of nitrogens with zero attached hydrogens (tertiary/aromatic N) is 1. The van der Waals surface area contributed by atoms with E-state index < -0.39 is 0 Å². The second-order valence-corrected chi connectivity index (χ2v) is 5.83. The van der Waals surface area contributed by atoms with Crippen molar-refractivity contribution in [2.75, 3.05) is 6.54 Å². The molecule has 19 heavy (non-hydrogen) atoms. The van der Waals surface area contributed by atoms with E-state index in [0.29, 0.717) is 18.4 Å². The highest BCUT2D eigenvalue weighted by molar-refractivity contribution is 5.78. The highest BCUT2D eigenvalue weighted by Gasteiger charge is 2.30. The van der Waals surface area contributed by atoms with E-state index in [0.717, 1.165) is 38.6 Å². The Balaban J connectivity index is 2.25. The summed E-state index contributed by atoms with van der Waals surface area (Å²) >= 11 is 0. The molecule has 0 unspecified atom stereocenters. The van der Waals surface area contributed by atoms with Crippen LogP contribution in [0.25, 0.3) is 0 Å². The van der Waals surface area contributed by atoms with Crippen molar-refractivity contribution in [2.24, 2.45) is 0 Å². The van der Waals surface area contributed by atoms with Gasteiger partial charge in [0.05, 0.1) is 6.10 Å². The Hall–Kier alpha value is -0.570. The molecule has 1 aliphatic heterocycles.